The average molecular weight is 582 g/mol. The van der Waals surface area contributed by atoms with E-state index in [-0.39, 0.29) is 23.2 Å². The first kappa shape index (κ1) is 22.9. The van der Waals surface area contributed by atoms with Crippen LogP contribution in [0.2, 0.25) is 5.02 Å². The molecule has 1 aromatic carbocycles. The Morgan fingerprint density at radius 3 is 2.66 bits per heavy atom. The summed E-state index contributed by atoms with van der Waals surface area (Å²) < 4.78 is 2.45. The second-order valence-electron chi connectivity index (χ2n) is 7.77. The summed E-state index contributed by atoms with van der Waals surface area (Å²) in [4.78, 5) is 30.6. The number of amides is 2. The predicted molar refractivity (Wildman–Crippen MR) is 131 cm³/mol. The van der Waals surface area contributed by atoms with Crippen molar-refractivity contribution in [2.24, 2.45) is 5.92 Å². The molecular formula is C22H20Br2ClN5O2. The van der Waals surface area contributed by atoms with Gasteiger partial charge in [-0.25, -0.2) is 9.67 Å². The van der Waals surface area contributed by atoms with Gasteiger partial charge >= 0.3 is 0 Å². The second-order valence-corrected chi connectivity index (χ2v) is 9.88. The molecule has 2 N–H and O–H groups in total. The first-order valence-corrected chi connectivity index (χ1v) is 12.0. The Labute approximate surface area is 207 Å². The maximum Gasteiger partial charge on any atom is 0.274 e. The highest BCUT2D eigenvalue weighted by Crippen LogP contribution is 2.34. The van der Waals surface area contributed by atoms with Gasteiger partial charge in [-0.1, -0.05) is 17.7 Å². The fourth-order valence-electron chi connectivity index (χ4n) is 3.43. The zero-order valence-corrected chi connectivity index (χ0v) is 21.3. The van der Waals surface area contributed by atoms with Crippen molar-refractivity contribution in [3.8, 4) is 5.82 Å². The van der Waals surface area contributed by atoms with Crippen LogP contribution >= 0.6 is 43.5 Å². The molecule has 0 aliphatic heterocycles. The minimum atomic E-state index is -0.444. The van der Waals surface area contributed by atoms with Crippen molar-refractivity contribution >= 4 is 61.0 Å². The van der Waals surface area contributed by atoms with E-state index in [2.05, 4.69) is 52.6 Å². The van der Waals surface area contributed by atoms with Gasteiger partial charge in [0.1, 0.15) is 10.3 Å². The third-order valence-electron chi connectivity index (χ3n) is 5.32. The Kier molecular flexibility index (Phi) is 6.69. The average Bonchev–Trinajstić information content (AvgIpc) is 3.52. The van der Waals surface area contributed by atoms with Crippen LogP contribution in [0.1, 0.15) is 46.2 Å². The molecule has 2 aromatic heterocycles. The van der Waals surface area contributed by atoms with Gasteiger partial charge in [0.15, 0.2) is 5.82 Å². The third kappa shape index (κ3) is 4.89. The SMILES string of the molecule is Cc1cccnc1-n1nc(Br)cc1C(=O)Nc1c(Br)cc(Cl)cc1C(=O)NC(C)C1CC1. The summed E-state index contributed by atoms with van der Waals surface area (Å²) in [6, 6.07) is 8.53. The van der Waals surface area contributed by atoms with Gasteiger partial charge in [-0.2, -0.15) is 5.10 Å². The Balaban J connectivity index is 1.67. The fourth-order valence-corrected chi connectivity index (χ4v) is 4.72. The van der Waals surface area contributed by atoms with E-state index < -0.39 is 5.91 Å². The molecule has 1 aliphatic rings. The highest BCUT2D eigenvalue weighted by atomic mass is 79.9. The van der Waals surface area contributed by atoms with Crippen LogP contribution < -0.4 is 10.6 Å². The molecule has 1 unspecified atom stereocenters. The first-order valence-electron chi connectivity index (χ1n) is 10.0. The topological polar surface area (TPSA) is 88.9 Å². The highest BCUT2D eigenvalue weighted by molar-refractivity contribution is 9.10. The first-order chi connectivity index (χ1) is 15.2. The summed E-state index contributed by atoms with van der Waals surface area (Å²) in [6.07, 6.45) is 3.85. The number of hydrogen-bond donors (Lipinski definition) is 2. The normalized spacial score (nSPS) is 14.2. The molecule has 2 amide bonds. The molecule has 3 aromatic rings. The van der Waals surface area contributed by atoms with Gasteiger partial charge in [0.05, 0.1) is 11.3 Å². The maximum atomic E-state index is 13.3. The van der Waals surface area contributed by atoms with Gasteiger partial charge in [0.2, 0.25) is 0 Å². The minimum absolute atomic E-state index is 0.0494. The molecule has 1 saturated carbocycles. The number of rotatable bonds is 6. The van der Waals surface area contributed by atoms with Crippen molar-refractivity contribution in [3.05, 3.63) is 67.4 Å². The van der Waals surface area contributed by atoms with Crippen LogP contribution in [0.3, 0.4) is 0 Å². The number of aryl methyl sites for hydroxylation is 1. The molecule has 1 atom stereocenters. The molecule has 10 heteroatoms. The van der Waals surface area contributed by atoms with Crippen molar-refractivity contribution in [1.82, 2.24) is 20.1 Å². The molecule has 166 valence electrons. The molecule has 0 bridgehead atoms. The van der Waals surface area contributed by atoms with E-state index in [0.717, 1.165) is 18.4 Å². The smallest absolute Gasteiger partial charge is 0.274 e. The number of anilines is 1. The number of nitrogens with zero attached hydrogens (tertiary/aromatic N) is 3. The summed E-state index contributed by atoms with van der Waals surface area (Å²) in [5, 5.41) is 10.6. The summed E-state index contributed by atoms with van der Waals surface area (Å²) in [5.74, 6) is 0.293. The number of aromatic nitrogens is 3. The van der Waals surface area contributed by atoms with E-state index in [1.54, 1.807) is 24.4 Å². The number of hydrogen-bond acceptors (Lipinski definition) is 4. The van der Waals surface area contributed by atoms with E-state index in [9.17, 15) is 9.59 Å². The summed E-state index contributed by atoms with van der Waals surface area (Å²) >= 11 is 13.0. The monoisotopic (exact) mass is 579 g/mol. The van der Waals surface area contributed by atoms with E-state index >= 15 is 0 Å². The molecule has 4 rings (SSSR count). The van der Waals surface area contributed by atoms with E-state index in [1.807, 2.05) is 26.0 Å². The molecule has 1 fully saturated rings. The van der Waals surface area contributed by atoms with Crippen molar-refractivity contribution < 1.29 is 9.59 Å². The van der Waals surface area contributed by atoms with Crippen molar-refractivity contribution in [2.75, 3.05) is 5.32 Å². The van der Waals surface area contributed by atoms with Crippen LogP contribution in [-0.2, 0) is 0 Å². The largest absolute Gasteiger partial charge is 0.349 e. The minimum Gasteiger partial charge on any atom is -0.349 e. The number of nitrogens with one attached hydrogen (secondary N) is 2. The quantitative estimate of drug-likeness (QED) is 0.401. The van der Waals surface area contributed by atoms with Crippen molar-refractivity contribution in [3.63, 3.8) is 0 Å². The lowest BCUT2D eigenvalue weighted by Gasteiger charge is -2.17. The van der Waals surface area contributed by atoms with E-state index in [0.29, 0.717) is 31.5 Å². The van der Waals surface area contributed by atoms with Gasteiger partial charge < -0.3 is 10.6 Å². The Morgan fingerprint density at radius 1 is 1.22 bits per heavy atom. The van der Waals surface area contributed by atoms with Crippen molar-refractivity contribution in [2.45, 2.75) is 32.7 Å². The number of carbonyl (C=O) groups excluding carboxylic acids is 2. The second kappa shape index (κ2) is 9.33. The molecule has 0 spiro atoms. The van der Waals surface area contributed by atoms with Gasteiger partial charge in [0.25, 0.3) is 11.8 Å². The van der Waals surface area contributed by atoms with Crippen LogP contribution in [0.5, 0.6) is 0 Å². The molecule has 1 aliphatic carbocycles. The van der Waals surface area contributed by atoms with Gasteiger partial charge in [-0.15, -0.1) is 0 Å². The maximum absolute atomic E-state index is 13.3. The summed E-state index contributed by atoms with van der Waals surface area (Å²) in [7, 11) is 0. The van der Waals surface area contributed by atoms with Gasteiger partial charge in [-0.05, 0) is 88.2 Å². The number of carbonyl (C=O) groups is 2. The lowest BCUT2D eigenvalue weighted by molar-refractivity contribution is 0.0936. The fraction of sp³-hybridized carbons (Fsp3) is 0.273. The zero-order chi connectivity index (χ0) is 23.0. The Bertz CT molecular complexity index is 1210. The molecule has 7 nitrogen and oxygen atoms in total. The van der Waals surface area contributed by atoms with Crippen LogP contribution in [-0.4, -0.2) is 32.6 Å². The zero-order valence-electron chi connectivity index (χ0n) is 17.3. The third-order valence-corrected chi connectivity index (χ3v) is 6.55. The Morgan fingerprint density at radius 2 is 1.97 bits per heavy atom. The van der Waals surface area contributed by atoms with E-state index in [1.165, 1.54) is 4.68 Å². The summed E-state index contributed by atoms with van der Waals surface area (Å²) in [5.41, 5.74) is 1.74. The molecule has 0 saturated heterocycles. The van der Waals surface area contributed by atoms with Crippen LogP contribution in [0, 0.1) is 12.8 Å². The highest BCUT2D eigenvalue weighted by Gasteiger charge is 2.30. The molecule has 2 heterocycles. The number of pyridine rings is 1. The van der Waals surface area contributed by atoms with Gasteiger partial charge in [0, 0.05) is 27.8 Å². The molecular weight excluding hydrogens is 562 g/mol. The predicted octanol–water partition coefficient (Wildman–Crippen LogP) is 5.53. The lowest BCUT2D eigenvalue weighted by Crippen LogP contribution is -2.34. The number of benzene rings is 1. The van der Waals surface area contributed by atoms with Crippen LogP contribution in [0.4, 0.5) is 5.69 Å². The van der Waals surface area contributed by atoms with E-state index in [4.69, 9.17) is 11.6 Å². The molecule has 0 radical (unpaired) electrons. The van der Waals surface area contributed by atoms with Gasteiger partial charge in [-0.3, -0.25) is 9.59 Å². The Hall–Kier alpha value is -2.23. The standard InChI is InChI=1S/C22H20Br2ClN5O2/c1-11-4-3-7-26-20(11)30-17(10-18(24)29-30)22(32)28-19-15(8-14(25)9-16(19)23)21(31)27-12(2)13-5-6-13/h3-4,7-10,12-13H,5-6H2,1-2H3,(H,27,31)(H,28,32). The number of halogens is 3. The van der Waals surface area contributed by atoms with Crippen LogP contribution in [0.15, 0.2) is 45.6 Å². The van der Waals surface area contributed by atoms with Crippen LogP contribution in [0.25, 0.3) is 5.82 Å². The van der Waals surface area contributed by atoms with Crippen molar-refractivity contribution in [1.29, 1.82) is 0 Å². The summed E-state index contributed by atoms with van der Waals surface area (Å²) in [6.45, 7) is 3.87. The molecule has 32 heavy (non-hydrogen) atoms. The lowest BCUT2D eigenvalue weighted by atomic mass is 10.1.